The van der Waals surface area contributed by atoms with E-state index in [4.69, 9.17) is 0 Å². The highest BCUT2D eigenvalue weighted by atomic mass is 127. The summed E-state index contributed by atoms with van der Waals surface area (Å²) < 4.78 is 25.8. The van der Waals surface area contributed by atoms with Crippen LogP contribution in [0.3, 0.4) is 0 Å². The van der Waals surface area contributed by atoms with E-state index in [0.717, 1.165) is 14.1 Å². The van der Waals surface area contributed by atoms with Gasteiger partial charge in [0.25, 0.3) is 0 Å². The topological polar surface area (TPSA) is 66.5 Å². The molecule has 20 heavy (non-hydrogen) atoms. The van der Waals surface area contributed by atoms with Crippen LogP contribution >= 0.6 is 22.6 Å². The van der Waals surface area contributed by atoms with E-state index < -0.39 is 15.6 Å². The minimum absolute atomic E-state index is 0.226. The van der Waals surface area contributed by atoms with Gasteiger partial charge in [-0.25, -0.2) is 8.42 Å². The van der Waals surface area contributed by atoms with Crippen molar-refractivity contribution >= 4 is 44.2 Å². The number of hydrogen-bond donors (Lipinski definition) is 1. The highest BCUT2D eigenvalue weighted by molar-refractivity contribution is 14.1. The fraction of sp³-hybridized carbons (Fsp3) is 0.462. The van der Waals surface area contributed by atoms with Gasteiger partial charge >= 0.3 is 0 Å². The van der Waals surface area contributed by atoms with Gasteiger partial charge in [0.2, 0.25) is 15.9 Å². The zero-order valence-electron chi connectivity index (χ0n) is 12.0. The third kappa shape index (κ3) is 5.66. The van der Waals surface area contributed by atoms with Gasteiger partial charge in [0.15, 0.2) is 0 Å². The van der Waals surface area contributed by atoms with Crippen LogP contribution in [0.4, 0.5) is 5.69 Å². The summed E-state index contributed by atoms with van der Waals surface area (Å²) in [5, 5.41) is 2.76. The molecule has 0 aromatic heterocycles. The van der Waals surface area contributed by atoms with E-state index in [1.165, 1.54) is 0 Å². The van der Waals surface area contributed by atoms with Gasteiger partial charge in [-0.2, -0.15) is 0 Å². The maximum atomic E-state index is 11.9. The molecule has 0 bridgehead atoms. The van der Waals surface area contributed by atoms with Crippen LogP contribution in [0, 0.1) is 3.57 Å². The smallest absolute Gasteiger partial charge is 0.241 e. The molecule has 0 heterocycles. The number of sulfonamides is 1. The van der Waals surface area contributed by atoms with Gasteiger partial charge in [0.05, 0.1) is 11.9 Å². The van der Waals surface area contributed by atoms with E-state index in [1.807, 2.05) is 20.8 Å². The summed E-state index contributed by atoms with van der Waals surface area (Å²) >= 11 is 2.14. The molecule has 1 aromatic rings. The average molecular weight is 410 g/mol. The lowest BCUT2D eigenvalue weighted by Crippen LogP contribution is -2.47. The van der Waals surface area contributed by atoms with Crippen molar-refractivity contribution in [2.24, 2.45) is 0 Å². The molecule has 0 spiro atoms. The van der Waals surface area contributed by atoms with Gasteiger partial charge in [0.1, 0.15) is 6.54 Å². The van der Waals surface area contributed by atoms with E-state index in [0.29, 0.717) is 5.69 Å². The lowest BCUT2D eigenvalue weighted by atomic mass is 10.1. The van der Waals surface area contributed by atoms with Gasteiger partial charge in [0, 0.05) is 9.11 Å². The molecule has 0 aliphatic carbocycles. The number of nitrogens with one attached hydrogen (secondary N) is 1. The summed E-state index contributed by atoms with van der Waals surface area (Å²) in [5.41, 5.74) is 0.0868. The molecule has 0 fully saturated rings. The molecule has 1 N–H and O–H groups in total. The number of anilines is 1. The van der Waals surface area contributed by atoms with Crippen molar-refractivity contribution in [2.45, 2.75) is 26.3 Å². The Labute approximate surface area is 133 Å². The van der Waals surface area contributed by atoms with Crippen molar-refractivity contribution < 1.29 is 13.2 Å². The number of carbonyl (C=O) groups is 1. The molecule has 7 heteroatoms. The van der Waals surface area contributed by atoms with Crippen molar-refractivity contribution in [2.75, 3.05) is 17.1 Å². The molecule has 0 unspecified atom stereocenters. The summed E-state index contributed by atoms with van der Waals surface area (Å²) in [6, 6.07) is 6.98. The predicted molar refractivity (Wildman–Crippen MR) is 89.2 cm³/mol. The van der Waals surface area contributed by atoms with Crippen molar-refractivity contribution in [3.8, 4) is 0 Å². The van der Waals surface area contributed by atoms with E-state index in [2.05, 4.69) is 27.9 Å². The van der Waals surface area contributed by atoms with E-state index in [-0.39, 0.29) is 12.5 Å². The minimum atomic E-state index is -3.51. The monoisotopic (exact) mass is 410 g/mol. The standard InChI is InChI=1S/C13H19IN2O3S/c1-13(2,3)15-12(17)9-16(20(4,18)19)11-7-5-10(14)6-8-11/h5-8H,9H2,1-4H3,(H,15,17). The fourth-order valence-electron chi connectivity index (χ4n) is 1.60. The SMILES string of the molecule is CC(C)(C)NC(=O)CN(c1ccc(I)cc1)S(C)(=O)=O. The molecule has 0 aliphatic heterocycles. The number of amides is 1. The quantitative estimate of drug-likeness (QED) is 0.773. The summed E-state index contributed by atoms with van der Waals surface area (Å²) in [4.78, 5) is 11.9. The first-order valence-electron chi connectivity index (χ1n) is 6.03. The summed E-state index contributed by atoms with van der Waals surface area (Å²) in [7, 11) is -3.51. The molecule has 0 aliphatic rings. The van der Waals surface area contributed by atoms with Crippen molar-refractivity contribution in [3.63, 3.8) is 0 Å². The molecular weight excluding hydrogens is 391 g/mol. The van der Waals surface area contributed by atoms with Gasteiger partial charge in [-0.05, 0) is 67.6 Å². The number of halogens is 1. The number of rotatable bonds is 4. The molecule has 1 rings (SSSR count). The van der Waals surface area contributed by atoms with Crippen LogP contribution in [0.2, 0.25) is 0 Å². The summed E-state index contributed by atoms with van der Waals surface area (Å²) in [6.45, 7) is 5.32. The van der Waals surface area contributed by atoms with Crippen LogP contribution in [-0.4, -0.2) is 32.7 Å². The lowest BCUT2D eigenvalue weighted by Gasteiger charge is -2.25. The van der Waals surface area contributed by atoms with Crippen molar-refractivity contribution in [3.05, 3.63) is 27.8 Å². The third-order valence-corrected chi connectivity index (χ3v) is 4.18. The molecule has 0 radical (unpaired) electrons. The molecule has 0 saturated heterocycles. The zero-order chi connectivity index (χ0) is 15.6. The van der Waals surface area contributed by atoms with Crippen LogP contribution in [0.5, 0.6) is 0 Å². The normalized spacial score (nSPS) is 12.1. The second-order valence-electron chi connectivity index (χ2n) is 5.54. The van der Waals surface area contributed by atoms with Crippen LogP contribution in [0.15, 0.2) is 24.3 Å². The molecule has 0 atom stereocenters. The first-order valence-corrected chi connectivity index (χ1v) is 8.96. The molecular formula is C13H19IN2O3S. The second-order valence-corrected chi connectivity index (χ2v) is 8.70. The summed E-state index contributed by atoms with van der Waals surface area (Å²) in [5.74, 6) is -0.332. The summed E-state index contributed by atoms with van der Waals surface area (Å²) in [6.07, 6.45) is 1.09. The van der Waals surface area contributed by atoms with Crippen LogP contribution < -0.4 is 9.62 Å². The number of nitrogens with zero attached hydrogens (tertiary/aromatic N) is 1. The molecule has 1 amide bonds. The van der Waals surface area contributed by atoms with Gasteiger partial charge in [-0.15, -0.1) is 0 Å². The van der Waals surface area contributed by atoms with E-state index in [1.54, 1.807) is 24.3 Å². The van der Waals surface area contributed by atoms with Gasteiger partial charge in [-0.3, -0.25) is 9.10 Å². The van der Waals surface area contributed by atoms with Crippen molar-refractivity contribution in [1.29, 1.82) is 0 Å². The van der Waals surface area contributed by atoms with Gasteiger partial charge < -0.3 is 5.32 Å². The zero-order valence-corrected chi connectivity index (χ0v) is 14.9. The fourth-order valence-corrected chi connectivity index (χ4v) is 2.81. The Bertz CT molecular complexity index is 577. The largest absolute Gasteiger partial charge is 0.350 e. The van der Waals surface area contributed by atoms with E-state index in [9.17, 15) is 13.2 Å². The molecule has 1 aromatic carbocycles. The number of hydrogen-bond acceptors (Lipinski definition) is 3. The van der Waals surface area contributed by atoms with Gasteiger partial charge in [-0.1, -0.05) is 0 Å². The number of carbonyl (C=O) groups excluding carboxylic acids is 1. The highest BCUT2D eigenvalue weighted by Crippen LogP contribution is 2.19. The minimum Gasteiger partial charge on any atom is -0.350 e. The third-order valence-electron chi connectivity index (χ3n) is 2.32. The Hall–Kier alpha value is -0.830. The Morgan fingerprint density at radius 1 is 1.25 bits per heavy atom. The second kappa shape index (κ2) is 6.30. The highest BCUT2D eigenvalue weighted by Gasteiger charge is 2.23. The maximum absolute atomic E-state index is 11.9. The Balaban J connectivity index is 2.98. The van der Waals surface area contributed by atoms with Crippen LogP contribution in [-0.2, 0) is 14.8 Å². The Morgan fingerprint density at radius 2 is 1.75 bits per heavy atom. The first-order chi connectivity index (χ1) is 8.99. The average Bonchev–Trinajstić information content (AvgIpc) is 2.23. The molecule has 112 valence electrons. The van der Waals surface area contributed by atoms with Crippen molar-refractivity contribution in [1.82, 2.24) is 5.32 Å². The number of benzene rings is 1. The van der Waals surface area contributed by atoms with E-state index >= 15 is 0 Å². The molecule has 0 saturated carbocycles. The van der Waals surface area contributed by atoms with Crippen LogP contribution in [0.1, 0.15) is 20.8 Å². The predicted octanol–water partition coefficient (Wildman–Crippen LogP) is 1.97. The Kier molecular flexibility index (Phi) is 5.42. The maximum Gasteiger partial charge on any atom is 0.241 e. The van der Waals surface area contributed by atoms with Crippen LogP contribution in [0.25, 0.3) is 0 Å². The first kappa shape index (κ1) is 17.2. The lowest BCUT2D eigenvalue weighted by molar-refractivity contribution is -0.121. The molecule has 5 nitrogen and oxygen atoms in total. The Morgan fingerprint density at radius 3 is 2.15 bits per heavy atom.